The number of pyridine rings is 1. The molecule has 1 rings (SSSR count). The molecule has 1 heterocycles. The van der Waals surface area contributed by atoms with Gasteiger partial charge in [0.25, 0.3) is 0 Å². The lowest BCUT2D eigenvalue weighted by Crippen LogP contribution is -2.42. The lowest BCUT2D eigenvalue weighted by atomic mass is 10.3. The van der Waals surface area contributed by atoms with Crippen LogP contribution in [0.3, 0.4) is 0 Å². The van der Waals surface area contributed by atoms with Crippen molar-refractivity contribution in [2.24, 2.45) is 0 Å². The summed E-state index contributed by atoms with van der Waals surface area (Å²) in [5.74, 6) is 2.06. The third-order valence-corrected chi connectivity index (χ3v) is 6.64. The van der Waals surface area contributed by atoms with E-state index in [4.69, 9.17) is 13.3 Å². The Morgan fingerprint density at radius 3 is 2.50 bits per heavy atom. The highest BCUT2D eigenvalue weighted by Gasteiger charge is 2.36. The summed E-state index contributed by atoms with van der Waals surface area (Å²) in [6.07, 6.45) is 4.74. The Morgan fingerprint density at radius 2 is 1.94 bits per heavy atom. The van der Waals surface area contributed by atoms with E-state index < -0.39 is 8.80 Å². The topological polar surface area (TPSA) is 40.6 Å². The first-order valence-electron chi connectivity index (χ1n) is 5.88. The molecule has 0 aromatic carbocycles. The molecule has 0 amide bonds. The van der Waals surface area contributed by atoms with Crippen molar-refractivity contribution in [2.45, 2.75) is 18.2 Å². The Labute approximate surface area is 114 Å². The second-order valence-electron chi connectivity index (χ2n) is 3.81. The highest BCUT2D eigenvalue weighted by Crippen LogP contribution is 2.19. The zero-order valence-corrected chi connectivity index (χ0v) is 13.0. The number of aromatic nitrogens is 1. The van der Waals surface area contributed by atoms with Crippen LogP contribution in [0, 0.1) is 0 Å². The molecule has 0 saturated carbocycles. The van der Waals surface area contributed by atoms with E-state index in [1.807, 2.05) is 24.0 Å². The van der Waals surface area contributed by atoms with E-state index in [9.17, 15) is 0 Å². The van der Waals surface area contributed by atoms with Crippen molar-refractivity contribution in [1.82, 2.24) is 4.98 Å². The summed E-state index contributed by atoms with van der Waals surface area (Å²) < 4.78 is 16.1. The molecule has 0 aliphatic carbocycles. The van der Waals surface area contributed by atoms with E-state index in [1.165, 1.54) is 5.56 Å². The van der Waals surface area contributed by atoms with Gasteiger partial charge in [0.05, 0.1) is 0 Å². The summed E-state index contributed by atoms with van der Waals surface area (Å²) in [7, 11) is 2.59. The van der Waals surface area contributed by atoms with Crippen LogP contribution in [0.15, 0.2) is 24.5 Å². The van der Waals surface area contributed by atoms with Crippen LogP contribution in [-0.2, 0) is 19.0 Å². The summed E-state index contributed by atoms with van der Waals surface area (Å²) in [6.45, 7) is 0. The van der Waals surface area contributed by atoms with Crippen LogP contribution in [0.1, 0.15) is 12.0 Å². The predicted octanol–water partition coefficient (Wildman–Crippen LogP) is 2.58. The van der Waals surface area contributed by atoms with Gasteiger partial charge < -0.3 is 13.3 Å². The van der Waals surface area contributed by atoms with Crippen molar-refractivity contribution >= 4 is 20.6 Å². The molecule has 0 atom stereocenters. The molecule has 6 heteroatoms. The van der Waals surface area contributed by atoms with Gasteiger partial charge in [0, 0.05) is 45.5 Å². The van der Waals surface area contributed by atoms with E-state index in [2.05, 4.69) is 11.1 Å². The Balaban J connectivity index is 2.18. The Bertz CT molecular complexity index is 314. The summed E-state index contributed by atoms with van der Waals surface area (Å²) in [5, 5.41) is 0. The van der Waals surface area contributed by atoms with Gasteiger partial charge in [0.1, 0.15) is 0 Å². The van der Waals surface area contributed by atoms with E-state index in [-0.39, 0.29) is 0 Å². The van der Waals surface area contributed by atoms with Crippen LogP contribution in [0.5, 0.6) is 0 Å². The second-order valence-corrected chi connectivity index (χ2v) is 8.01. The smallest absolute Gasteiger partial charge is 0.377 e. The molecule has 0 fully saturated rings. The Kier molecular flexibility index (Phi) is 7.53. The van der Waals surface area contributed by atoms with E-state index >= 15 is 0 Å². The normalized spacial score (nSPS) is 11.7. The third kappa shape index (κ3) is 5.07. The maximum atomic E-state index is 5.38. The molecule has 0 aliphatic heterocycles. The van der Waals surface area contributed by atoms with Gasteiger partial charge in [-0.2, -0.15) is 11.8 Å². The lowest BCUT2D eigenvalue weighted by molar-refractivity contribution is 0.123. The van der Waals surface area contributed by atoms with Crippen molar-refractivity contribution in [3.8, 4) is 0 Å². The molecule has 0 saturated heterocycles. The quantitative estimate of drug-likeness (QED) is 0.516. The minimum atomic E-state index is -2.37. The van der Waals surface area contributed by atoms with Crippen LogP contribution < -0.4 is 0 Å². The van der Waals surface area contributed by atoms with Crippen molar-refractivity contribution in [3.05, 3.63) is 30.1 Å². The molecule has 18 heavy (non-hydrogen) atoms. The molecule has 0 aliphatic rings. The van der Waals surface area contributed by atoms with E-state index in [0.717, 1.165) is 24.0 Å². The fourth-order valence-electron chi connectivity index (χ4n) is 1.62. The van der Waals surface area contributed by atoms with Crippen LogP contribution >= 0.6 is 11.8 Å². The lowest BCUT2D eigenvalue weighted by Gasteiger charge is -2.24. The molecule has 102 valence electrons. The SMILES string of the molecule is CO[Si](CCCSCc1cccnc1)(OC)OC. The average Bonchev–Trinajstić information content (AvgIpc) is 2.45. The van der Waals surface area contributed by atoms with Gasteiger partial charge >= 0.3 is 8.80 Å². The predicted molar refractivity (Wildman–Crippen MR) is 76.6 cm³/mol. The molecule has 0 bridgehead atoms. The minimum absolute atomic E-state index is 0.858. The summed E-state index contributed by atoms with van der Waals surface area (Å²) in [6, 6.07) is 4.92. The Morgan fingerprint density at radius 1 is 1.22 bits per heavy atom. The maximum absolute atomic E-state index is 5.38. The monoisotopic (exact) mass is 287 g/mol. The zero-order chi connectivity index (χ0) is 13.3. The first kappa shape index (κ1) is 15.7. The standard InChI is InChI=1S/C12H21NO3SSi/c1-14-18(15-2,16-3)9-5-8-17-11-12-6-4-7-13-10-12/h4,6-7,10H,5,8-9,11H2,1-3H3. The van der Waals surface area contributed by atoms with Gasteiger partial charge in [-0.3, -0.25) is 4.98 Å². The number of hydrogen-bond donors (Lipinski definition) is 0. The van der Waals surface area contributed by atoms with Crippen LogP contribution in [0.2, 0.25) is 6.04 Å². The summed E-state index contributed by atoms with van der Waals surface area (Å²) in [4.78, 5) is 4.10. The highest BCUT2D eigenvalue weighted by atomic mass is 32.2. The number of hydrogen-bond acceptors (Lipinski definition) is 5. The molecule has 1 aromatic heterocycles. The fraction of sp³-hybridized carbons (Fsp3) is 0.583. The number of thioether (sulfide) groups is 1. The summed E-state index contributed by atoms with van der Waals surface area (Å²) in [5.41, 5.74) is 1.26. The zero-order valence-electron chi connectivity index (χ0n) is 11.2. The van der Waals surface area contributed by atoms with Gasteiger partial charge in [-0.1, -0.05) is 6.07 Å². The summed E-state index contributed by atoms with van der Waals surface area (Å²) >= 11 is 1.89. The molecule has 0 spiro atoms. The van der Waals surface area contributed by atoms with Crippen LogP contribution in [0.25, 0.3) is 0 Å². The van der Waals surface area contributed by atoms with Gasteiger partial charge in [-0.15, -0.1) is 0 Å². The highest BCUT2D eigenvalue weighted by molar-refractivity contribution is 7.98. The minimum Gasteiger partial charge on any atom is -0.377 e. The first-order valence-corrected chi connectivity index (χ1v) is 8.97. The molecule has 0 radical (unpaired) electrons. The van der Waals surface area contributed by atoms with E-state index in [0.29, 0.717) is 0 Å². The molecule has 0 N–H and O–H groups in total. The molecule has 0 unspecified atom stereocenters. The fourth-order valence-corrected chi connectivity index (χ4v) is 4.50. The van der Waals surface area contributed by atoms with Gasteiger partial charge in [0.2, 0.25) is 0 Å². The van der Waals surface area contributed by atoms with Crippen molar-refractivity contribution in [3.63, 3.8) is 0 Å². The third-order valence-electron chi connectivity index (χ3n) is 2.70. The van der Waals surface area contributed by atoms with E-state index in [1.54, 1.807) is 27.5 Å². The molecule has 1 aromatic rings. The van der Waals surface area contributed by atoms with Gasteiger partial charge in [0.15, 0.2) is 0 Å². The van der Waals surface area contributed by atoms with Crippen LogP contribution in [0.4, 0.5) is 0 Å². The number of rotatable bonds is 9. The molecular weight excluding hydrogens is 266 g/mol. The average molecular weight is 287 g/mol. The van der Waals surface area contributed by atoms with Crippen molar-refractivity contribution in [2.75, 3.05) is 27.1 Å². The number of nitrogens with zero attached hydrogens (tertiary/aromatic N) is 1. The largest absolute Gasteiger partial charge is 0.500 e. The Hall–Kier alpha value is -0.403. The van der Waals surface area contributed by atoms with Gasteiger partial charge in [-0.05, 0) is 23.8 Å². The van der Waals surface area contributed by atoms with Gasteiger partial charge in [-0.25, -0.2) is 0 Å². The van der Waals surface area contributed by atoms with Crippen molar-refractivity contribution in [1.29, 1.82) is 0 Å². The molecular formula is C12H21NO3SSi. The first-order chi connectivity index (χ1) is 8.76. The second kappa shape index (κ2) is 8.66. The van der Waals surface area contributed by atoms with Crippen LogP contribution in [-0.4, -0.2) is 40.9 Å². The molecule has 4 nitrogen and oxygen atoms in total. The maximum Gasteiger partial charge on any atom is 0.500 e. The van der Waals surface area contributed by atoms with Crippen molar-refractivity contribution < 1.29 is 13.3 Å².